The number of rotatable bonds is 6. The first-order valence-corrected chi connectivity index (χ1v) is 8.55. The summed E-state index contributed by atoms with van der Waals surface area (Å²) in [7, 11) is 0. The van der Waals surface area contributed by atoms with Crippen molar-refractivity contribution in [3.05, 3.63) is 53.2 Å². The van der Waals surface area contributed by atoms with Gasteiger partial charge in [0.05, 0.1) is 25.3 Å². The van der Waals surface area contributed by atoms with E-state index in [4.69, 9.17) is 21.1 Å². The van der Waals surface area contributed by atoms with E-state index in [9.17, 15) is 4.79 Å². The summed E-state index contributed by atoms with van der Waals surface area (Å²) in [6, 6.07) is 10.8. The van der Waals surface area contributed by atoms with Gasteiger partial charge in [-0.15, -0.1) is 0 Å². The SMILES string of the molecule is O=C(NCCOc1cccc(Cl)c1)c1ccc(N2CCOCC2)nc1. The molecule has 132 valence electrons. The van der Waals surface area contributed by atoms with Gasteiger partial charge >= 0.3 is 0 Å². The maximum atomic E-state index is 12.1. The summed E-state index contributed by atoms with van der Waals surface area (Å²) in [5.74, 6) is 1.37. The number of hydrogen-bond acceptors (Lipinski definition) is 5. The molecule has 1 N–H and O–H groups in total. The Hall–Kier alpha value is -2.31. The Labute approximate surface area is 151 Å². The maximum Gasteiger partial charge on any atom is 0.252 e. The smallest absolute Gasteiger partial charge is 0.252 e. The van der Waals surface area contributed by atoms with Gasteiger partial charge in [-0.2, -0.15) is 0 Å². The van der Waals surface area contributed by atoms with Gasteiger partial charge < -0.3 is 19.7 Å². The van der Waals surface area contributed by atoms with Gasteiger partial charge in [-0.1, -0.05) is 17.7 Å². The number of carbonyl (C=O) groups is 1. The molecule has 0 unspecified atom stereocenters. The Bertz CT molecular complexity index is 703. The number of carbonyl (C=O) groups excluding carboxylic acids is 1. The molecule has 1 saturated heterocycles. The van der Waals surface area contributed by atoms with Crippen LogP contribution in [-0.4, -0.2) is 50.3 Å². The second kappa shape index (κ2) is 8.69. The molecule has 7 heteroatoms. The van der Waals surface area contributed by atoms with Crippen molar-refractivity contribution in [2.24, 2.45) is 0 Å². The molecule has 1 amide bonds. The molecular formula is C18H20ClN3O3. The van der Waals surface area contributed by atoms with Crippen molar-refractivity contribution >= 4 is 23.3 Å². The number of hydrogen-bond donors (Lipinski definition) is 1. The van der Waals surface area contributed by atoms with Crippen LogP contribution in [0.2, 0.25) is 5.02 Å². The maximum absolute atomic E-state index is 12.1. The van der Waals surface area contributed by atoms with Crippen LogP contribution in [-0.2, 0) is 4.74 Å². The normalized spacial score (nSPS) is 14.2. The summed E-state index contributed by atoms with van der Waals surface area (Å²) < 4.78 is 10.9. The lowest BCUT2D eigenvalue weighted by Crippen LogP contribution is -2.36. The Kier molecular flexibility index (Phi) is 6.09. The highest BCUT2D eigenvalue weighted by Gasteiger charge is 2.13. The molecule has 0 spiro atoms. The van der Waals surface area contributed by atoms with E-state index < -0.39 is 0 Å². The molecule has 25 heavy (non-hydrogen) atoms. The molecule has 3 rings (SSSR count). The zero-order valence-corrected chi connectivity index (χ0v) is 14.5. The minimum Gasteiger partial charge on any atom is -0.492 e. The zero-order chi connectivity index (χ0) is 17.5. The van der Waals surface area contributed by atoms with Gasteiger partial charge in [0.2, 0.25) is 0 Å². The van der Waals surface area contributed by atoms with E-state index in [0.29, 0.717) is 42.7 Å². The van der Waals surface area contributed by atoms with E-state index in [1.165, 1.54) is 0 Å². The topological polar surface area (TPSA) is 63.7 Å². The van der Waals surface area contributed by atoms with E-state index in [1.807, 2.05) is 18.2 Å². The lowest BCUT2D eigenvalue weighted by Gasteiger charge is -2.27. The number of ether oxygens (including phenoxy) is 2. The van der Waals surface area contributed by atoms with Crippen LogP contribution in [0.4, 0.5) is 5.82 Å². The Balaban J connectivity index is 1.44. The minimum absolute atomic E-state index is 0.171. The Morgan fingerprint density at radius 1 is 1.28 bits per heavy atom. The number of halogens is 1. The lowest BCUT2D eigenvalue weighted by atomic mass is 10.2. The highest BCUT2D eigenvalue weighted by molar-refractivity contribution is 6.30. The average Bonchev–Trinajstić information content (AvgIpc) is 2.66. The van der Waals surface area contributed by atoms with Crippen molar-refractivity contribution in [3.63, 3.8) is 0 Å². The third-order valence-electron chi connectivity index (χ3n) is 3.80. The van der Waals surface area contributed by atoms with E-state index in [2.05, 4.69) is 15.2 Å². The van der Waals surface area contributed by atoms with E-state index in [1.54, 1.807) is 24.4 Å². The molecule has 1 fully saturated rings. The average molecular weight is 362 g/mol. The molecule has 1 aromatic carbocycles. The summed E-state index contributed by atoms with van der Waals surface area (Å²) in [5.41, 5.74) is 0.528. The number of benzene rings is 1. The highest BCUT2D eigenvalue weighted by atomic mass is 35.5. The fourth-order valence-electron chi connectivity index (χ4n) is 2.49. The number of pyridine rings is 1. The number of aromatic nitrogens is 1. The van der Waals surface area contributed by atoms with Crippen LogP contribution >= 0.6 is 11.6 Å². The van der Waals surface area contributed by atoms with Gasteiger partial charge in [-0.05, 0) is 30.3 Å². The molecule has 1 aliphatic rings. The summed E-state index contributed by atoms with van der Waals surface area (Å²) in [4.78, 5) is 18.7. The number of amides is 1. The third-order valence-corrected chi connectivity index (χ3v) is 4.03. The molecule has 6 nitrogen and oxygen atoms in total. The van der Waals surface area contributed by atoms with E-state index in [-0.39, 0.29) is 5.91 Å². The molecule has 2 aromatic rings. The quantitative estimate of drug-likeness (QED) is 0.800. The summed E-state index contributed by atoms with van der Waals surface area (Å²) >= 11 is 5.89. The molecule has 0 aliphatic carbocycles. The van der Waals surface area contributed by atoms with Crippen molar-refractivity contribution in [2.75, 3.05) is 44.4 Å². The predicted molar refractivity (Wildman–Crippen MR) is 96.5 cm³/mol. The number of nitrogens with one attached hydrogen (secondary N) is 1. The van der Waals surface area contributed by atoms with Crippen LogP contribution in [0.5, 0.6) is 5.75 Å². The lowest BCUT2D eigenvalue weighted by molar-refractivity contribution is 0.0946. The van der Waals surface area contributed by atoms with Crippen molar-refractivity contribution in [2.45, 2.75) is 0 Å². The summed E-state index contributed by atoms with van der Waals surface area (Å²) in [6.07, 6.45) is 1.60. The van der Waals surface area contributed by atoms with E-state index in [0.717, 1.165) is 18.9 Å². The number of nitrogens with zero attached hydrogens (tertiary/aromatic N) is 2. The van der Waals surface area contributed by atoms with E-state index >= 15 is 0 Å². The molecule has 0 radical (unpaired) electrons. The van der Waals surface area contributed by atoms with Crippen LogP contribution in [0.1, 0.15) is 10.4 Å². The Morgan fingerprint density at radius 2 is 2.12 bits per heavy atom. The third kappa shape index (κ3) is 5.08. The molecule has 0 bridgehead atoms. The highest BCUT2D eigenvalue weighted by Crippen LogP contribution is 2.17. The van der Waals surface area contributed by atoms with Crippen LogP contribution in [0.25, 0.3) is 0 Å². The molecule has 0 saturated carbocycles. The van der Waals surface area contributed by atoms with Crippen LogP contribution in [0, 0.1) is 0 Å². The van der Waals surface area contributed by atoms with Crippen molar-refractivity contribution in [3.8, 4) is 5.75 Å². The molecular weight excluding hydrogens is 342 g/mol. The zero-order valence-electron chi connectivity index (χ0n) is 13.8. The first kappa shape index (κ1) is 17.5. The van der Waals surface area contributed by atoms with Gasteiger partial charge in [-0.25, -0.2) is 4.98 Å². The molecule has 1 aliphatic heterocycles. The summed E-state index contributed by atoms with van der Waals surface area (Å²) in [6.45, 7) is 3.81. The standard InChI is InChI=1S/C18H20ClN3O3/c19-15-2-1-3-16(12-15)25-9-6-20-18(23)14-4-5-17(21-13-14)22-7-10-24-11-8-22/h1-5,12-13H,6-11H2,(H,20,23). The van der Waals surface area contributed by atoms with Crippen molar-refractivity contribution in [1.29, 1.82) is 0 Å². The van der Waals surface area contributed by atoms with Gasteiger partial charge in [0.15, 0.2) is 0 Å². The second-order valence-electron chi connectivity index (χ2n) is 5.57. The second-order valence-corrected chi connectivity index (χ2v) is 6.00. The molecule has 2 heterocycles. The molecule has 1 aromatic heterocycles. The summed E-state index contributed by atoms with van der Waals surface area (Å²) in [5, 5.41) is 3.43. The van der Waals surface area contributed by atoms with Gasteiger partial charge in [0, 0.05) is 24.3 Å². The minimum atomic E-state index is -0.171. The van der Waals surface area contributed by atoms with Crippen LogP contribution < -0.4 is 15.0 Å². The van der Waals surface area contributed by atoms with Gasteiger partial charge in [0.1, 0.15) is 18.2 Å². The fraction of sp³-hybridized carbons (Fsp3) is 0.333. The predicted octanol–water partition coefficient (Wildman–Crippen LogP) is 2.38. The largest absolute Gasteiger partial charge is 0.492 e. The van der Waals surface area contributed by atoms with Gasteiger partial charge in [0.25, 0.3) is 5.91 Å². The Morgan fingerprint density at radius 3 is 2.84 bits per heavy atom. The van der Waals surface area contributed by atoms with Crippen molar-refractivity contribution < 1.29 is 14.3 Å². The first-order chi connectivity index (χ1) is 12.2. The van der Waals surface area contributed by atoms with Crippen molar-refractivity contribution in [1.82, 2.24) is 10.3 Å². The number of anilines is 1. The number of morpholine rings is 1. The van der Waals surface area contributed by atoms with Gasteiger partial charge in [-0.3, -0.25) is 4.79 Å². The first-order valence-electron chi connectivity index (χ1n) is 8.18. The van der Waals surface area contributed by atoms with Crippen LogP contribution in [0.3, 0.4) is 0 Å². The fourth-order valence-corrected chi connectivity index (χ4v) is 2.67. The monoisotopic (exact) mass is 361 g/mol. The molecule has 0 atom stereocenters. The van der Waals surface area contributed by atoms with Crippen LogP contribution in [0.15, 0.2) is 42.6 Å².